The van der Waals surface area contributed by atoms with Gasteiger partial charge in [0.1, 0.15) is 6.33 Å². The Labute approximate surface area is 113 Å². The largest absolute Gasteiger partial charge is 0.309 e. The molecule has 0 amide bonds. The summed E-state index contributed by atoms with van der Waals surface area (Å²) in [7, 11) is 1.90. The second-order valence-electron chi connectivity index (χ2n) is 3.57. The smallest absolute Gasteiger partial charge is 0.115 e. The average molecular weight is 313 g/mol. The first-order chi connectivity index (χ1) is 8.22. The number of hydrogen-bond acceptors (Lipinski definition) is 3. The molecule has 1 heterocycles. The molecule has 0 fully saturated rings. The minimum Gasteiger partial charge on any atom is -0.309 e. The zero-order chi connectivity index (χ0) is 12.3. The molecule has 5 heteroatoms. The third-order valence-electron chi connectivity index (χ3n) is 2.48. The fourth-order valence-corrected chi connectivity index (χ4v) is 2.19. The van der Waals surface area contributed by atoms with E-state index in [2.05, 4.69) is 31.2 Å². The van der Waals surface area contributed by atoms with Gasteiger partial charge in [0, 0.05) is 22.4 Å². The van der Waals surface area contributed by atoms with Gasteiger partial charge in [-0.3, -0.25) is 0 Å². The molecule has 88 valence electrons. The van der Waals surface area contributed by atoms with Crippen LogP contribution in [0.1, 0.15) is 17.2 Å². The lowest BCUT2D eigenvalue weighted by Crippen LogP contribution is -2.18. The van der Waals surface area contributed by atoms with Crippen LogP contribution in [0, 0.1) is 0 Å². The topological polar surface area (TPSA) is 37.8 Å². The summed E-state index contributed by atoms with van der Waals surface area (Å²) in [5.41, 5.74) is 2.13. The molecule has 0 bridgehead atoms. The molecule has 3 nitrogen and oxygen atoms in total. The third-order valence-corrected chi connectivity index (χ3v) is 3.69. The Morgan fingerprint density at radius 1 is 1.24 bits per heavy atom. The summed E-state index contributed by atoms with van der Waals surface area (Å²) in [5, 5.41) is 3.94. The first-order valence-electron chi connectivity index (χ1n) is 5.09. The number of nitrogens with zero attached hydrogens (tertiary/aromatic N) is 2. The summed E-state index contributed by atoms with van der Waals surface area (Å²) in [6, 6.07) is 5.91. The molecule has 0 aliphatic carbocycles. The highest BCUT2D eigenvalue weighted by Crippen LogP contribution is 2.28. The maximum absolute atomic E-state index is 5.98. The summed E-state index contributed by atoms with van der Waals surface area (Å²) in [6.07, 6.45) is 5.13. The maximum atomic E-state index is 5.98. The van der Waals surface area contributed by atoms with Crippen molar-refractivity contribution in [2.24, 2.45) is 0 Å². The van der Waals surface area contributed by atoms with E-state index >= 15 is 0 Å². The highest BCUT2D eigenvalue weighted by molar-refractivity contribution is 9.10. The van der Waals surface area contributed by atoms with Gasteiger partial charge in [0.05, 0.1) is 11.1 Å². The van der Waals surface area contributed by atoms with Crippen LogP contribution in [-0.2, 0) is 0 Å². The Bertz CT molecular complexity index is 504. The predicted octanol–water partition coefficient (Wildman–Crippen LogP) is 3.20. The number of hydrogen-bond donors (Lipinski definition) is 1. The van der Waals surface area contributed by atoms with Crippen molar-refractivity contribution in [3.05, 3.63) is 57.5 Å². The van der Waals surface area contributed by atoms with Gasteiger partial charge in [-0.05, 0) is 40.7 Å². The summed E-state index contributed by atoms with van der Waals surface area (Å²) < 4.78 is 0.883. The lowest BCUT2D eigenvalue weighted by atomic mass is 10.0. The molecular formula is C12H11BrClN3. The molecule has 1 atom stereocenters. The standard InChI is InChI=1S/C12H11BrClN3/c1-15-12(9-5-16-7-17-6-9)8-2-3-11(14)10(13)4-8/h2-7,12,15H,1H3. The summed E-state index contributed by atoms with van der Waals surface area (Å²) in [6.45, 7) is 0. The number of benzene rings is 1. The molecule has 1 N–H and O–H groups in total. The van der Waals surface area contributed by atoms with Gasteiger partial charge in [0.2, 0.25) is 0 Å². The van der Waals surface area contributed by atoms with Crippen molar-refractivity contribution in [2.75, 3.05) is 7.05 Å². The maximum Gasteiger partial charge on any atom is 0.115 e. The SMILES string of the molecule is CNC(c1cncnc1)c1ccc(Cl)c(Br)c1. The first-order valence-corrected chi connectivity index (χ1v) is 6.26. The molecule has 1 unspecified atom stereocenters. The molecule has 17 heavy (non-hydrogen) atoms. The molecule has 1 aromatic carbocycles. The third kappa shape index (κ3) is 2.83. The average Bonchev–Trinajstić information content (AvgIpc) is 2.36. The normalized spacial score (nSPS) is 12.4. The van der Waals surface area contributed by atoms with E-state index in [0.29, 0.717) is 5.02 Å². The number of rotatable bonds is 3. The van der Waals surface area contributed by atoms with E-state index in [-0.39, 0.29) is 6.04 Å². The van der Waals surface area contributed by atoms with Gasteiger partial charge in [0.15, 0.2) is 0 Å². The second kappa shape index (κ2) is 5.58. The summed E-state index contributed by atoms with van der Waals surface area (Å²) in [4.78, 5) is 8.06. The van der Waals surface area contributed by atoms with Crippen molar-refractivity contribution in [1.82, 2.24) is 15.3 Å². The van der Waals surface area contributed by atoms with Crippen LogP contribution in [0.5, 0.6) is 0 Å². The Kier molecular flexibility index (Phi) is 4.10. The molecule has 1 aromatic heterocycles. The minimum absolute atomic E-state index is 0.0600. The Morgan fingerprint density at radius 2 is 1.94 bits per heavy atom. The zero-order valence-electron chi connectivity index (χ0n) is 9.19. The lowest BCUT2D eigenvalue weighted by molar-refractivity contribution is 0.684. The molecule has 0 saturated heterocycles. The first kappa shape index (κ1) is 12.5. The molecule has 0 saturated carbocycles. The van der Waals surface area contributed by atoms with Gasteiger partial charge < -0.3 is 5.32 Å². The summed E-state index contributed by atoms with van der Waals surface area (Å²) >= 11 is 9.41. The van der Waals surface area contributed by atoms with Crippen LogP contribution < -0.4 is 5.32 Å². The van der Waals surface area contributed by atoms with Crippen LogP contribution in [0.4, 0.5) is 0 Å². The van der Waals surface area contributed by atoms with Gasteiger partial charge in [-0.2, -0.15) is 0 Å². The van der Waals surface area contributed by atoms with Crippen LogP contribution >= 0.6 is 27.5 Å². The van der Waals surface area contributed by atoms with E-state index in [4.69, 9.17) is 11.6 Å². The fourth-order valence-electron chi connectivity index (χ4n) is 1.68. The Hall–Kier alpha value is -0.970. The Balaban J connectivity index is 2.39. The van der Waals surface area contributed by atoms with E-state index in [9.17, 15) is 0 Å². The van der Waals surface area contributed by atoms with Crippen LogP contribution in [0.2, 0.25) is 5.02 Å². The molecule has 0 radical (unpaired) electrons. The van der Waals surface area contributed by atoms with Crippen molar-refractivity contribution >= 4 is 27.5 Å². The van der Waals surface area contributed by atoms with Crippen molar-refractivity contribution < 1.29 is 0 Å². The van der Waals surface area contributed by atoms with Gasteiger partial charge in [-0.1, -0.05) is 17.7 Å². The summed E-state index contributed by atoms with van der Waals surface area (Å²) in [5.74, 6) is 0. The van der Waals surface area contributed by atoms with E-state index in [1.165, 1.54) is 6.33 Å². The van der Waals surface area contributed by atoms with E-state index in [0.717, 1.165) is 15.6 Å². The number of nitrogens with one attached hydrogen (secondary N) is 1. The van der Waals surface area contributed by atoms with Crippen molar-refractivity contribution in [2.45, 2.75) is 6.04 Å². The van der Waals surface area contributed by atoms with Crippen LogP contribution in [0.15, 0.2) is 41.4 Å². The molecule has 2 rings (SSSR count). The number of halogens is 2. The minimum atomic E-state index is 0.0600. The monoisotopic (exact) mass is 311 g/mol. The zero-order valence-corrected chi connectivity index (χ0v) is 11.5. The Morgan fingerprint density at radius 3 is 2.53 bits per heavy atom. The van der Waals surface area contributed by atoms with E-state index in [1.807, 2.05) is 25.2 Å². The van der Waals surface area contributed by atoms with Gasteiger partial charge in [-0.25, -0.2) is 9.97 Å². The van der Waals surface area contributed by atoms with E-state index in [1.54, 1.807) is 12.4 Å². The van der Waals surface area contributed by atoms with Crippen LogP contribution in [0.3, 0.4) is 0 Å². The fraction of sp³-hybridized carbons (Fsp3) is 0.167. The van der Waals surface area contributed by atoms with E-state index < -0.39 is 0 Å². The van der Waals surface area contributed by atoms with Crippen LogP contribution in [0.25, 0.3) is 0 Å². The van der Waals surface area contributed by atoms with Gasteiger partial charge in [0.25, 0.3) is 0 Å². The molecule has 0 aliphatic rings. The second-order valence-corrected chi connectivity index (χ2v) is 4.83. The van der Waals surface area contributed by atoms with Crippen molar-refractivity contribution in [1.29, 1.82) is 0 Å². The molecule has 2 aromatic rings. The quantitative estimate of drug-likeness (QED) is 0.946. The van der Waals surface area contributed by atoms with Crippen molar-refractivity contribution in [3.8, 4) is 0 Å². The van der Waals surface area contributed by atoms with Crippen LogP contribution in [-0.4, -0.2) is 17.0 Å². The molecule has 0 spiro atoms. The molecular weight excluding hydrogens is 302 g/mol. The van der Waals surface area contributed by atoms with Gasteiger partial charge >= 0.3 is 0 Å². The van der Waals surface area contributed by atoms with Crippen molar-refractivity contribution in [3.63, 3.8) is 0 Å². The highest BCUT2D eigenvalue weighted by Gasteiger charge is 2.13. The molecule has 0 aliphatic heterocycles. The predicted molar refractivity (Wildman–Crippen MR) is 72.1 cm³/mol. The number of aromatic nitrogens is 2. The lowest BCUT2D eigenvalue weighted by Gasteiger charge is -2.16. The van der Waals surface area contributed by atoms with Gasteiger partial charge in [-0.15, -0.1) is 0 Å². The highest BCUT2D eigenvalue weighted by atomic mass is 79.9.